The monoisotopic (exact) mass is 334 g/mol. The van der Waals surface area contributed by atoms with Gasteiger partial charge in [0.15, 0.2) is 0 Å². The summed E-state index contributed by atoms with van der Waals surface area (Å²) in [6.45, 7) is 3.11. The Morgan fingerprint density at radius 1 is 1.04 bits per heavy atom. The molecule has 0 aliphatic carbocycles. The number of hydrogen-bond acceptors (Lipinski definition) is 5. The van der Waals surface area contributed by atoms with Gasteiger partial charge in [-0.2, -0.15) is 0 Å². The molecule has 3 aromatic heterocycles. The average Bonchev–Trinajstić information content (AvgIpc) is 3.09. The van der Waals surface area contributed by atoms with E-state index in [1.54, 1.807) is 12.4 Å². The van der Waals surface area contributed by atoms with Crippen LogP contribution in [0.25, 0.3) is 11.4 Å². The molecular formula is C19H22N6. The Morgan fingerprint density at radius 2 is 1.88 bits per heavy atom. The average molecular weight is 334 g/mol. The van der Waals surface area contributed by atoms with Crippen LogP contribution in [0.4, 0.5) is 0 Å². The Labute approximate surface area is 147 Å². The normalized spacial score (nSPS) is 16.2. The van der Waals surface area contributed by atoms with Crippen LogP contribution in [0.15, 0.2) is 49.4 Å². The van der Waals surface area contributed by atoms with E-state index in [4.69, 9.17) is 0 Å². The molecule has 6 nitrogen and oxygen atoms in total. The van der Waals surface area contributed by atoms with E-state index in [-0.39, 0.29) is 0 Å². The molecule has 1 aliphatic rings. The molecule has 0 atom stereocenters. The zero-order valence-corrected chi connectivity index (χ0v) is 14.4. The molecule has 4 heterocycles. The van der Waals surface area contributed by atoms with Gasteiger partial charge in [-0.3, -0.25) is 19.9 Å². The minimum atomic E-state index is 0.448. The molecule has 0 spiro atoms. The standard InChI is InChI=1S/C19H22N6/c1-24-14-21-12-17(24)19-18(22-7-8-23-19)16-4-9-25(10-5-16)13-15-3-2-6-20-11-15/h2-3,6-8,11-12,14,16H,4-5,9-10,13H2,1H3. The zero-order valence-electron chi connectivity index (χ0n) is 14.4. The molecule has 0 radical (unpaired) electrons. The first-order chi connectivity index (χ1) is 12.3. The second-order valence-corrected chi connectivity index (χ2v) is 6.59. The highest BCUT2D eigenvalue weighted by atomic mass is 15.1. The van der Waals surface area contributed by atoms with Crippen molar-refractivity contribution in [2.45, 2.75) is 25.3 Å². The minimum Gasteiger partial charge on any atom is -0.332 e. The van der Waals surface area contributed by atoms with Gasteiger partial charge < -0.3 is 4.57 Å². The van der Waals surface area contributed by atoms with Crippen LogP contribution < -0.4 is 0 Å². The summed E-state index contributed by atoms with van der Waals surface area (Å²) in [5.74, 6) is 0.448. The molecule has 0 bridgehead atoms. The number of aryl methyl sites for hydroxylation is 1. The highest BCUT2D eigenvalue weighted by molar-refractivity contribution is 5.57. The van der Waals surface area contributed by atoms with Gasteiger partial charge in [0.1, 0.15) is 5.69 Å². The lowest BCUT2D eigenvalue weighted by molar-refractivity contribution is 0.203. The fraction of sp³-hybridized carbons (Fsp3) is 0.368. The smallest absolute Gasteiger partial charge is 0.110 e. The molecule has 1 aliphatic heterocycles. The van der Waals surface area contributed by atoms with Crippen LogP contribution in [-0.2, 0) is 13.6 Å². The summed E-state index contributed by atoms with van der Waals surface area (Å²) in [6.07, 6.45) is 13.2. The summed E-state index contributed by atoms with van der Waals surface area (Å²) in [6, 6.07) is 4.14. The molecular weight excluding hydrogens is 312 g/mol. The van der Waals surface area contributed by atoms with Crippen LogP contribution >= 0.6 is 0 Å². The second kappa shape index (κ2) is 7.11. The van der Waals surface area contributed by atoms with Crippen LogP contribution in [0.2, 0.25) is 0 Å². The number of hydrogen-bond donors (Lipinski definition) is 0. The Bertz CT molecular complexity index is 821. The number of rotatable bonds is 4. The molecule has 4 rings (SSSR count). The van der Waals surface area contributed by atoms with Crippen molar-refractivity contribution in [3.05, 3.63) is 60.7 Å². The van der Waals surface area contributed by atoms with Gasteiger partial charge in [0.2, 0.25) is 0 Å². The van der Waals surface area contributed by atoms with Crippen LogP contribution in [0.1, 0.15) is 30.0 Å². The summed E-state index contributed by atoms with van der Waals surface area (Å²) in [5.41, 5.74) is 4.37. The van der Waals surface area contributed by atoms with Crippen LogP contribution in [0.5, 0.6) is 0 Å². The maximum atomic E-state index is 4.68. The van der Waals surface area contributed by atoms with Gasteiger partial charge in [-0.05, 0) is 37.6 Å². The highest BCUT2D eigenvalue weighted by Gasteiger charge is 2.25. The molecule has 25 heavy (non-hydrogen) atoms. The fourth-order valence-corrected chi connectivity index (χ4v) is 3.54. The third kappa shape index (κ3) is 3.44. The molecule has 3 aromatic rings. The lowest BCUT2D eigenvalue weighted by Gasteiger charge is -2.32. The molecule has 6 heteroatoms. The Kier molecular flexibility index (Phi) is 4.52. The summed E-state index contributed by atoms with van der Waals surface area (Å²) in [4.78, 5) is 20.2. The van der Waals surface area contributed by atoms with Crippen molar-refractivity contribution in [2.24, 2.45) is 7.05 Å². The van der Waals surface area contributed by atoms with Gasteiger partial charge in [-0.15, -0.1) is 0 Å². The largest absolute Gasteiger partial charge is 0.332 e. The quantitative estimate of drug-likeness (QED) is 0.734. The first-order valence-corrected chi connectivity index (χ1v) is 8.70. The van der Waals surface area contributed by atoms with E-state index in [0.717, 1.165) is 49.6 Å². The lowest BCUT2D eigenvalue weighted by atomic mass is 9.91. The van der Waals surface area contributed by atoms with E-state index < -0.39 is 0 Å². The van der Waals surface area contributed by atoms with Crippen LogP contribution in [0.3, 0.4) is 0 Å². The van der Waals surface area contributed by atoms with Crippen LogP contribution in [0, 0.1) is 0 Å². The van der Waals surface area contributed by atoms with Crippen molar-refractivity contribution < 1.29 is 0 Å². The van der Waals surface area contributed by atoms with Gasteiger partial charge >= 0.3 is 0 Å². The van der Waals surface area contributed by atoms with Gasteiger partial charge in [0.05, 0.1) is 23.9 Å². The van der Waals surface area contributed by atoms with E-state index in [1.165, 1.54) is 5.56 Å². The van der Waals surface area contributed by atoms with E-state index >= 15 is 0 Å². The molecule has 0 amide bonds. The topological polar surface area (TPSA) is 59.7 Å². The summed E-state index contributed by atoms with van der Waals surface area (Å²) in [5, 5.41) is 0. The predicted molar refractivity (Wildman–Crippen MR) is 95.7 cm³/mol. The van der Waals surface area contributed by atoms with Gasteiger partial charge in [0.25, 0.3) is 0 Å². The second-order valence-electron chi connectivity index (χ2n) is 6.59. The van der Waals surface area contributed by atoms with E-state index in [0.29, 0.717) is 5.92 Å². The number of likely N-dealkylation sites (tertiary alicyclic amines) is 1. The van der Waals surface area contributed by atoms with Gasteiger partial charge in [-0.1, -0.05) is 6.07 Å². The maximum Gasteiger partial charge on any atom is 0.110 e. The molecule has 128 valence electrons. The summed E-state index contributed by atoms with van der Waals surface area (Å²) in [7, 11) is 2.00. The number of piperidine rings is 1. The highest BCUT2D eigenvalue weighted by Crippen LogP contribution is 2.32. The third-order valence-corrected chi connectivity index (χ3v) is 4.89. The first-order valence-electron chi connectivity index (χ1n) is 8.70. The van der Waals surface area contributed by atoms with E-state index in [9.17, 15) is 0 Å². The Balaban J connectivity index is 1.47. The third-order valence-electron chi connectivity index (χ3n) is 4.89. The molecule has 1 saturated heterocycles. The fourth-order valence-electron chi connectivity index (χ4n) is 3.54. The van der Waals surface area contributed by atoms with E-state index in [2.05, 4.69) is 30.9 Å². The summed E-state index contributed by atoms with van der Waals surface area (Å²) < 4.78 is 2.01. The van der Waals surface area contributed by atoms with Crippen molar-refractivity contribution in [1.82, 2.24) is 29.4 Å². The summed E-state index contributed by atoms with van der Waals surface area (Å²) >= 11 is 0. The molecule has 0 N–H and O–H groups in total. The molecule has 0 saturated carbocycles. The van der Waals surface area contributed by atoms with Gasteiger partial charge in [0, 0.05) is 44.3 Å². The number of imidazole rings is 1. The maximum absolute atomic E-state index is 4.68. The van der Waals surface area contributed by atoms with E-state index in [1.807, 2.05) is 42.6 Å². The number of aromatic nitrogens is 5. The SMILES string of the molecule is Cn1cncc1-c1nccnc1C1CCN(Cc2cccnc2)CC1. The Morgan fingerprint density at radius 3 is 2.60 bits per heavy atom. The molecule has 0 aromatic carbocycles. The molecule has 1 fully saturated rings. The zero-order chi connectivity index (χ0) is 17.1. The minimum absolute atomic E-state index is 0.448. The first kappa shape index (κ1) is 15.9. The predicted octanol–water partition coefficient (Wildman–Crippen LogP) is 2.65. The van der Waals surface area contributed by atoms with Crippen molar-refractivity contribution in [2.75, 3.05) is 13.1 Å². The van der Waals surface area contributed by atoms with Crippen molar-refractivity contribution >= 4 is 0 Å². The number of nitrogens with zero attached hydrogens (tertiary/aromatic N) is 6. The van der Waals surface area contributed by atoms with Crippen molar-refractivity contribution in [3.8, 4) is 11.4 Å². The molecule has 0 unspecified atom stereocenters. The van der Waals surface area contributed by atoms with Gasteiger partial charge in [-0.25, -0.2) is 4.98 Å². The number of pyridine rings is 1. The van der Waals surface area contributed by atoms with Crippen LogP contribution in [-0.4, -0.2) is 42.5 Å². The Hall–Kier alpha value is -2.60. The lowest BCUT2D eigenvalue weighted by Crippen LogP contribution is -2.33. The van der Waals surface area contributed by atoms with Crippen molar-refractivity contribution in [1.29, 1.82) is 0 Å². The van der Waals surface area contributed by atoms with Crippen molar-refractivity contribution in [3.63, 3.8) is 0 Å².